The summed E-state index contributed by atoms with van der Waals surface area (Å²) >= 11 is 3.49. The summed E-state index contributed by atoms with van der Waals surface area (Å²) in [5.41, 5.74) is 2.43. The third kappa shape index (κ3) is 3.74. The molecule has 2 aromatic rings. The zero-order valence-corrected chi connectivity index (χ0v) is 15.4. The van der Waals surface area contributed by atoms with Crippen molar-refractivity contribution >= 4 is 22.7 Å². The second-order valence-electron chi connectivity index (χ2n) is 6.28. The Hall–Kier alpha value is -0.820. The molecule has 3 rings (SSSR count). The van der Waals surface area contributed by atoms with Gasteiger partial charge in [-0.25, -0.2) is 9.97 Å². The van der Waals surface area contributed by atoms with Crippen molar-refractivity contribution in [3.63, 3.8) is 0 Å². The van der Waals surface area contributed by atoms with E-state index in [1.165, 1.54) is 11.4 Å². The second-order valence-corrected chi connectivity index (χ2v) is 8.40. The Bertz CT molecular complexity index is 609. The van der Waals surface area contributed by atoms with Crippen LogP contribution in [0.15, 0.2) is 10.8 Å². The number of hydrogen-bond acceptors (Lipinski definition) is 6. The lowest BCUT2D eigenvalue weighted by Gasteiger charge is -2.44. The van der Waals surface area contributed by atoms with Gasteiger partial charge in [-0.1, -0.05) is 0 Å². The van der Waals surface area contributed by atoms with Gasteiger partial charge >= 0.3 is 0 Å². The van der Waals surface area contributed by atoms with Gasteiger partial charge in [0, 0.05) is 49.0 Å². The van der Waals surface area contributed by atoms with Crippen molar-refractivity contribution in [1.29, 1.82) is 0 Å². The van der Waals surface area contributed by atoms with Crippen molar-refractivity contribution in [2.75, 3.05) is 13.1 Å². The summed E-state index contributed by atoms with van der Waals surface area (Å²) in [5, 5.41) is 6.70. The van der Waals surface area contributed by atoms with Gasteiger partial charge in [0.15, 0.2) is 0 Å². The molecule has 0 unspecified atom stereocenters. The van der Waals surface area contributed by atoms with Gasteiger partial charge in [-0.15, -0.1) is 22.7 Å². The minimum Gasteiger partial charge on any atom is -0.294 e. The second kappa shape index (κ2) is 6.74. The normalized spacial score (nSPS) is 24.0. The lowest BCUT2D eigenvalue weighted by atomic mass is 10.1. The van der Waals surface area contributed by atoms with Crippen molar-refractivity contribution in [3.8, 4) is 0 Å². The van der Waals surface area contributed by atoms with Crippen LogP contribution in [-0.4, -0.2) is 44.9 Å². The van der Waals surface area contributed by atoms with Crippen molar-refractivity contribution in [2.24, 2.45) is 0 Å². The predicted octanol–water partition coefficient (Wildman–Crippen LogP) is 3.31. The third-order valence-corrected chi connectivity index (χ3v) is 5.89. The number of thiazole rings is 2. The lowest BCUT2D eigenvalue weighted by molar-refractivity contribution is 0.0278. The predicted molar refractivity (Wildman–Crippen MR) is 93.4 cm³/mol. The summed E-state index contributed by atoms with van der Waals surface area (Å²) in [7, 11) is 0. The van der Waals surface area contributed by atoms with Gasteiger partial charge in [0.05, 0.1) is 21.4 Å². The molecule has 0 saturated carbocycles. The molecular weight excluding hydrogens is 312 g/mol. The van der Waals surface area contributed by atoms with Crippen LogP contribution >= 0.6 is 22.7 Å². The highest BCUT2D eigenvalue weighted by Gasteiger charge is 2.30. The monoisotopic (exact) mass is 336 g/mol. The van der Waals surface area contributed by atoms with Gasteiger partial charge in [-0.3, -0.25) is 9.80 Å². The van der Waals surface area contributed by atoms with Crippen LogP contribution in [0.4, 0.5) is 0 Å². The van der Waals surface area contributed by atoms with Gasteiger partial charge in [0.25, 0.3) is 0 Å². The first kappa shape index (κ1) is 16.1. The largest absolute Gasteiger partial charge is 0.294 e. The van der Waals surface area contributed by atoms with Crippen LogP contribution in [0.3, 0.4) is 0 Å². The number of piperazine rings is 1. The zero-order chi connectivity index (χ0) is 15.7. The zero-order valence-electron chi connectivity index (χ0n) is 13.7. The fraction of sp³-hybridized carbons (Fsp3) is 0.625. The molecule has 0 aliphatic carbocycles. The van der Waals surface area contributed by atoms with Crippen LogP contribution < -0.4 is 0 Å². The van der Waals surface area contributed by atoms with Crippen LogP contribution in [0.2, 0.25) is 0 Å². The molecule has 2 atom stereocenters. The average Bonchev–Trinajstić information content (AvgIpc) is 3.03. The highest BCUT2D eigenvalue weighted by atomic mass is 32.1. The maximum Gasteiger partial charge on any atom is 0.0897 e. The molecular formula is C16H24N4S2. The molecule has 0 amide bonds. The minimum absolute atomic E-state index is 0.547. The fourth-order valence-electron chi connectivity index (χ4n) is 3.28. The van der Waals surface area contributed by atoms with Crippen LogP contribution in [0.25, 0.3) is 0 Å². The van der Waals surface area contributed by atoms with E-state index in [9.17, 15) is 0 Å². The third-order valence-electron chi connectivity index (χ3n) is 4.24. The maximum atomic E-state index is 4.62. The summed E-state index contributed by atoms with van der Waals surface area (Å²) in [4.78, 5) is 14.3. The van der Waals surface area contributed by atoms with E-state index in [1.807, 2.05) is 0 Å². The molecule has 1 aliphatic heterocycles. The number of aryl methyl sites for hydroxylation is 2. The summed E-state index contributed by atoms with van der Waals surface area (Å²) in [6.45, 7) is 13.0. The molecule has 3 heterocycles. The maximum absolute atomic E-state index is 4.62. The molecule has 0 bridgehead atoms. The van der Waals surface area contributed by atoms with E-state index in [4.69, 9.17) is 0 Å². The van der Waals surface area contributed by atoms with E-state index >= 15 is 0 Å². The van der Waals surface area contributed by atoms with E-state index in [2.05, 4.69) is 58.2 Å². The van der Waals surface area contributed by atoms with Crippen molar-refractivity contribution in [1.82, 2.24) is 19.8 Å². The summed E-state index contributed by atoms with van der Waals surface area (Å²) in [6.07, 6.45) is 0. The van der Waals surface area contributed by atoms with Gasteiger partial charge < -0.3 is 0 Å². The lowest BCUT2D eigenvalue weighted by Crippen LogP contribution is -2.55. The number of rotatable bonds is 4. The standard InChI is InChI=1S/C16H24N4S2/c1-11-5-19(7-15-9-21-13(3)17-15)6-12(2)20(11)8-16-10-22-14(4)18-16/h9-12H,5-8H2,1-4H3/t11-,12+. The molecule has 120 valence electrons. The molecule has 1 fully saturated rings. The summed E-state index contributed by atoms with van der Waals surface area (Å²) in [5.74, 6) is 0. The van der Waals surface area contributed by atoms with E-state index in [1.54, 1.807) is 22.7 Å². The molecule has 1 saturated heterocycles. The first-order valence-corrected chi connectivity index (χ1v) is 9.57. The van der Waals surface area contributed by atoms with E-state index in [-0.39, 0.29) is 0 Å². The van der Waals surface area contributed by atoms with Gasteiger partial charge in [0.2, 0.25) is 0 Å². The minimum atomic E-state index is 0.547. The Labute approximate surface area is 140 Å². The van der Waals surface area contributed by atoms with Gasteiger partial charge in [0.1, 0.15) is 0 Å². The SMILES string of the molecule is Cc1nc(CN2C[C@@H](C)N(Cc3csc(C)n3)[C@@H](C)C2)cs1. The Balaban J connectivity index is 1.61. The van der Waals surface area contributed by atoms with Crippen molar-refractivity contribution in [3.05, 3.63) is 32.2 Å². The smallest absolute Gasteiger partial charge is 0.0897 e. The van der Waals surface area contributed by atoms with Crippen molar-refractivity contribution < 1.29 is 0 Å². The molecule has 6 heteroatoms. The molecule has 22 heavy (non-hydrogen) atoms. The highest BCUT2D eigenvalue weighted by molar-refractivity contribution is 7.09. The molecule has 0 spiro atoms. The Morgan fingerprint density at radius 1 is 0.955 bits per heavy atom. The van der Waals surface area contributed by atoms with E-state index in [0.717, 1.165) is 36.2 Å². The Kier molecular flexibility index (Phi) is 4.92. The topological polar surface area (TPSA) is 32.3 Å². The van der Waals surface area contributed by atoms with Crippen LogP contribution in [-0.2, 0) is 13.1 Å². The molecule has 0 radical (unpaired) electrons. The highest BCUT2D eigenvalue weighted by Crippen LogP contribution is 2.21. The molecule has 4 nitrogen and oxygen atoms in total. The summed E-state index contributed by atoms with van der Waals surface area (Å²) < 4.78 is 0. The number of nitrogens with zero attached hydrogens (tertiary/aromatic N) is 4. The quantitative estimate of drug-likeness (QED) is 0.857. The first-order valence-electron chi connectivity index (χ1n) is 7.81. The average molecular weight is 337 g/mol. The van der Waals surface area contributed by atoms with Crippen LogP contribution in [0.5, 0.6) is 0 Å². The Morgan fingerprint density at radius 2 is 1.45 bits per heavy atom. The Morgan fingerprint density at radius 3 is 1.91 bits per heavy atom. The van der Waals surface area contributed by atoms with Gasteiger partial charge in [-0.2, -0.15) is 0 Å². The number of hydrogen-bond donors (Lipinski definition) is 0. The molecule has 2 aromatic heterocycles. The fourth-order valence-corrected chi connectivity index (χ4v) is 4.49. The van der Waals surface area contributed by atoms with Crippen LogP contribution in [0.1, 0.15) is 35.3 Å². The molecule has 1 aliphatic rings. The first-order chi connectivity index (χ1) is 10.5. The van der Waals surface area contributed by atoms with E-state index in [0.29, 0.717) is 12.1 Å². The summed E-state index contributed by atoms with van der Waals surface area (Å²) in [6, 6.07) is 1.09. The molecule has 0 aromatic carbocycles. The van der Waals surface area contributed by atoms with E-state index < -0.39 is 0 Å². The van der Waals surface area contributed by atoms with Crippen LogP contribution in [0, 0.1) is 13.8 Å². The molecule has 0 N–H and O–H groups in total. The van der Waals surface area contributed by atoms with Gasteiger partial charge in [-0.05, 0) is 27.7 Å². The van der Waals surface area contributed by atoms with Crippen molar-refractivity contribution in [2.45, 2.75) is 52.9 Å². The number of aromatic nitrogens is 2.